The van der Waals surface area contributed by atoms with Crippen molar-refractivity contribution in [3.05, 3.63) is 57.8 Å². The van der Waals surface area contributed by atoms with Crippen LogP contribution in [-0.2, 0) is 22.7 Å². The van der Waals surface area contributed by atoms with Gasteiger partial charge in [0.1, 0.15) is 0 Å². The Labute approximate surface area is 207 Å². The van der Waals surface area contributed by atoms with Crippen LogP contribution in [0.2, 0.25) is 0 Å². The SMILES string of the molecule is CCCCCCCCCCCCNC(=O)c1cccc(CN(Cc2ccsc2)C(=O)C(=O)O)c1. The number of carboxylic acid groups (broad SMARTS) is 1. The molecule has 2 amide bonds. The molecule has 0 aliphatic carbocycles. The summed E-state index contributed by atoms with van der Waals surface area (Å²) in [4.78, 5) is 37.3. The number of rotatable bonds is 16. The molecule has 0 saturated heterocycles. The largest absolute Gasteiger partial charge is 0.474 e. The zero-order valence-electron chi connectivity index (χ0n) is 20.3. The van der Waals surface area contributed by atoms with Crippen LogP contribution < -0.4 is 5.32 Å². The van der Waals surface area contributed by atoms with Crippen molar-refractivity contribution in [3.63, 3.8) is 0 Å². The summed E-state index contributed by atoms with van der Waals surface area (Å²) in [7, 11) is 0. The second kappa shape index (κ2) is 16.0. The van der Waals surface area contributed by atoms with Crippen molar-refractivity contribution in [2.24, 2.45) is 0 Å². The standard InChI is InChI=1S/C27H38N2O4S/c1-2-3-4-5-6-7-8-9-10-11-16-28-25(30)24-14-12-13-22(18-24)19-29(26(31)27(32)33)20-23-15-17-34-21-23/h12-15,17-18,21H,2-11,16,19-20H2,1H3,(H,28,30)(H,32,33). The van der Waals surface area contributed by atoms with Gasteiger partial charge in [-0.2, -0.15) is 11.3 Å². The van der Waals surface area contributed by atoms with Crippen LogP contribution >= 0.6 is 11.3 Å². The van der Waals surface area contributed by atoms with Gasteiger partial charge >= 0.3 is 11.9 Å². The van der Waals surface area contributed by atoms with Crippen LogP contribution in [-0.4, -0.2) is 34.3 Å². The van der Waals surface area contributed by atoms with E-state index in [-0.39, 0.29) is 19.0 Å². The lowest BCUT2D eigenvalue weighted by atomic mass is 10.1. The number of unbranched alkanes of at least 4 members (excludes halogenated alkanes) is 9. The molecule has 2 N–H and O–H groups in total. The summed E-state index contributed by atoms with van der Waals surface area (Å²) >= 11 is 1.49. The molecule has 0 bridgehead atoms. The highest BCUT2D eigenvalue weighted by Gasteiger charge is 2.22. The zero-order chi connectivity index (χ0) is 24.6. The first kappa shape index (κ1) is 27.6. The molecule has 1 aromatic heterocycles. The van der Waals surface area contributed by atoms with Gasteiger partial charge in [-0.25, -0.2) is 4.79 Å². The second-order valence-electron chi connectivity index (χ2n) is 8.74. The third-order valence-electron chi connectivity index (χ3n) is 5.80. The Balaban J connectivity index is 1.75. The first-order chi connectivity index (χ1) is 16.5. The molecule has 0 radical (unpaired) electrons. The number of hydrogen-bond acceptors (Lipinski definition) is 4. The first-order valence-corrected chi connectivity index (χ1v) is 13.4. The number of nitrogens with one attached hydrogen (secondary N) is 1. The van der Waals surface area contributed by atoms with Crippen molar-refractivity contribution < 1.29 is 19.5 Å². The molecule has 1 aromatic carbocycles. The third-order valence-corrected chi connectivity index (χ3v) is 6.53. The molecule has 1 heterocycles. The maximum absolute atomic E-state index is 12.6. The number of amides is 2. The fourth-order valence-corrected chi connectivity index (χ4v) is 4.55. The minimum atomic E-state index is -1.49. The van der Waals surface area contributed by atoms with Crippen LogP contribution in [0.5, 0.6) is 0 Å². The van der Waals surface area contributed by atoms with E-state index in [9.17, 15) is 19.5 Å². The predicted octanol–water partition coefficient (Wildman–Crippen LogP) is 6.01. The molecule has 2 rings (SSSR count). The van der Waals surface area contributed by atoms with E-state index in [2.05, 4.69) is 12.2 Å². The van der Waals surface area contributed by atoms with Crippen LogP contribution in [0, 0.1) is 0 Å². The van der Waals surface area contributed by atoms with Gasteiger partial charge in [0.25, 0.3) is 5.91 Å². The molecule has 0 atom stereocenters. The second-order valence-corrected chi connectivity index (χ2v) is 9.52. The van der Waals surface area contributed by atoms with Gasteiger partial charge in [-0.3, -0.25) is 9.59 Å². The van der Waals surface area contributed by atoms with E-state index in [1.54, 1.807) is 24.3 Å². The van der Waals surface area contributed by atoms with Crippen LogP contribution in [0.1, 0.15) is 92.6 Å². The highest BCUT2D eigenvalue weighted by Crippen LogP contribution is 2.15. The van der Waals surface area contributed by atoms with Crippen molar-refractivity contribution in [1.82, 2.24) is 10.2 Å². The van der Waals surface area contributed by atoms with Crippen LogP contribution in [0.4, 0.5) is 0 Å². The van der Waals surface area contributed by atoms with E-state index in [1.165, 1.54) is 67.6 Å². The number of thiophene rings is 1. The lowest BCUT2D eigenvalue weighted by Crippen LogP contribution is -2.35. The quantitative estimate of drug-likeness (QED) is 0.225. The Morgan fingerprint density at radius 3 is 2.15 bits per heavy atom. The Hall–Kier alpha value is -2.67. The van der Waals surface area contributed by atoms with Crippen LogP contribution in [0.25, 0.3) is 0 Å². The molecule has 6 nitrogen and oxygen atoms in total. The number of carbonyl (C=O) groups is 3. The van der Waals surface area contributed by atoms with E-state index in [1.807, 2.05) is 16.8 Å². The van der Waals surface area contributed by atoms with E-state index in [0.717, 1.165) is 24.0 Å². The Morgan fingerprint density at radius 1 is 0.882 bits per heavy atom. The van der Waals surface area contributed by atoms with Crippen LogP contribution in [0.3, 0.4) is 0 Å². The Kier molecular flexibility index (Phi) is 13.0. The summed E-state index contributed by atoms with van der Waals surface area (Å²) < 4.78 is 0. The van der Waals surface area contributed by atoms with Gasteiger partial charge < -0.3 is 15.3 Å². The third kappa shape index (κ3) is 10.5. The molecule has 0 aliphatic heterocycles. The highest BCUT2D eigenvalue weighted by atomic mass is 32.1. The summed E-state index contributed by atoms with van der Waals surface area (Å²) in [6, 6.07) is 8.89. The maximum atomic E-state index is 12.6. The molecule has 0 aliphatic rings. The minimum Gasteiger partial charge on any atom is -0.474 e. The van der Waals surface area contributed by atoms with Gasteiger partial charge in [-0.15, -0.1) is 0 Å². The number of carbonyl (C=O) groups excluding carboxylic acids is 2. The molecule has 0 spiro atoms. The predicted molar refractivity (Wildman–Crippen MR) is 137 cm³/mol. The minimum absolute atomic E-state index is 0.126. The number of aliphatic carboxylic acids is 1. The summed E-state index contributed by atoms with van der Waals surface area (Å²) in [5.74, 6) is -2.59. The van der Waals surface area contributed by atoms with Gasteiger partial charge in [-0.05, 0) is 46.5 Å². The summed E-state index contributed by atoms with van der Waals surface area (Å²) in [5, 5.41) is 15.9. The average molecular weight is 487 g/mol. The van der Waals surface area contributed by atoms with Gasteiger partial charge in [0, 0.05) is 25.2 Å². The first-order valence-electron chi connectivity index (χ1n) is 12.4. The van der Waals surface area contributed by atoms with Crippen molar-refractivity contribution in [3.8, 4) is 0 Å². The molecule has 2 aromatic rings. The number of hydrogen-bond donors (Lipinski definition) is 2. The van der Waals surface area contributed by atoms with E-state index in [0.29, 0.717) is 12.1 Å². The fraction of sp³-hybridized carbons (Fsp3) is 0.519. The number of carboxylic acids is 1. The smallest absolute Gasteiger partial charge is 0.394 e. The highest BCUT2D eigenvalue weighted by molar-refractivity contribution is 7.07. The van der Waals surface area contributed by atoms with Crippen molar-refractivity contribution in [2.75, 3.05) is 6.54 Å². The van der Waals surface area contributed by atoms with Crippen molar-refractivity contribution >= 4 is 29.1 Å². The number of benzene rings is 1. The van der Waals surface area contributed by atoms with E-state index < -0.39 is 11.9 Å². The van der Waals surface area contributed by atoms with E-state index in [4.69, 9.17) is 0 Å². The summed E-state index contributed by atoms with van der Waals surface area (Å²) in [6.45, 7) is 3.22. The van der Waals surface area contributed by atoms with Crippen molar-refractivity contribution in [2.45, 2.75) is 84.2 Å². The fourth-order valence-electron chi connectivity index (χ4n) is 3.89. The Morgan fingerprint density at radius 2 is 1.53 bits per heavy atom. The lowest BCUT2D eigenvalue weighted by Gasteiger charge is -2.20. The topological polar surface area (TPSA) is 86.7 Å². The molecule has 186 valence electrons. The molecule has 0 saturated carbocycles. The van der Waals surface area contributed by atoms with Gasteiger partial charge in [0.05, 0.1) is 0 Å². The molecule has 0 unspecified atom stereocenters. The molecule has 7 heteroatoms. The van der Waals surface area contributed by atoms with Gasteiger partial charge in [0.15, 0.2) is 0 Å². The Bertz CT molecular complexity index is 883. The van der Waals surface area contributed by atoms with E-state index >= 15 is 0 Å². The van der Waals surface area contributed by atoms with Crippen LogP contribution in [0.15, 0.2) is 41.1 Å². The summed E-state index contributed by atoms with van der Waals surface area (Å²) in [6.07, 6.45) is 12.5. The zero-order valence-corrected chi connectivity index (χ0v) is 21.1. The molecular formula is C27H38N2O4S. The molecule has 34 heavy (non-hydrogen) atoms. The van der Waals surface area contributed by atoms with Gasteiger partial charge in [-0.1, -0.05) is 76.8 Å². The molecule has 0 fully saturated rings. The van der Waals surface area contributed by atoms with Gasteiger partial charge in [0.2, 0.25) is 0 Å². The molecular weight excluding hydrogens is 448 g/mol. The lowest BCUT2D eigenvalue weighted by molar-refractivity contribution is -0.156. The van der Waals surface area contributed by atoms with Crippen molar-refractivity contribution in [1.29, 1.82) is 0 Å². The monoisotopic (exact) mass is 486 g/mol. The summed E-state index contributed by atoms with van der Waals surface area (Å²) in [5.41, 5.74) is 2.12. The average Bonchev–Trinajstić information content (AvgIpc) is 3.35. The maximum Gasteiger partial charge on any atom is 0.394 e. The normalized spacial score (nSPS) is 10.7. The number of nitrogens with zero attached hydrogens (tertiary/aromatic N) is 1.